The second-order valence-electron chi connectivity index (χ2n) is 5.78. The first kappa shape index (κ1) is 15.9. The number of hydrogen-bond donors (Lipinski definition) is 2. The molecular formula is C15H17BrN2O3S. The van der Waals surface area contributed by atoms with E-state index in [4.69, 9.17) is 27.4 Å². The number of carbonyl (C=O) groups is 1. The van der Waals surface area contributed by atoms with Crippen molar-refractivity contribution in [2.75, 3.05) is 13.2 Å². The summed E-state index contributed by atoms with van der Waals surface area (Å²) in [5.41, 5.74) is 6.78. The minimum atomic E-state index is -1.18. The number of thiocarbonyl (C=S) groups is 1. The molecule has 1 fully saturated rings. The average Bonchev–Trinajstić information content (AvgIpc) is 2.49. The van der Waals surface area contributed by atoms with Crippen LogP contribution in [0.5, 0.6) is 5.75 Å². The van der Waals surface area contributed by atoms with Gasteiger partial charge in [0.15, 0.2) is 0 Å². The van der Waals surface area contributed by atoms with Crippen molar-refractivity contribution in [1.82, 2.24) is 5.32 Å². The molecule has 3 rings (SSSR count). The van der Waals surface area contributed by atoms with E-state index in [0.29, 0.717) is 43.8 Å². The Labute approximate surface area is 142 Å². The van der Waals surface area contributed by atoms with Gasteiger partial charge in [0.05, 0.1) is 18.7 Å². The number of hydrogen-bond acceptors (Lipinski definition) is 5. The Hall–Kier alpha value is -1.02. The lowest BCUT2D eigenvalue weighted by Crippen LogP contribution is -2.60. The summed E-state index contributed by atoms with van der Waals surface area (Å²) >= 11 is 8.17. The van der Waals surface area contributed by atoms with Crippen LogP contribution in [0.15, 0.2) is 22.7 Å². The lowest BCUT2D eigenvalue weighted by molar-refractivity contribution is -0.132. The normalized spacial score (nSPS) is 25.9. The number of carbonyl (C=O) groups excluding carboxylic acids is 1. The van der Waals surface area contributed by atoms with E-state index in [9.17, 15) is 4.79 Å². The predicted octanol–water partition coefficient (Wildman–Crippen LogP) is 2.01. The van der Waals surface area contributed by atoms with E-state index in [2.05, 4.69) is 21.2 Å². The fourth-order valence-electron chi connectivity index (χ4n) is 3.22. The minimum absolute atomic E-state index is 0.309. The van der Waals surface area contributed by atoms with Gasteiger partial charge in [-0.15, -0.1) is 0 Å². The van der Waals surface area contributed by atoms with Gasteiger partial charge in [-0.1, -0.05) is 28.1 Å². The highest BCUT2D eigenvalue weighted by Crippen LogP contribution is 2.46. The Morgan fingerprint density at radius 1 is 1.41 bits per heavy atom. The van der Waals surface area contributed by atoms with Crippen molar-refractivity contribution in [2.45, 2.75) is 30.4 Å². The maximum atomic E-state index is 12.6. The number of halogens is 1. The van der Waals surface area contributed by atoms with Crippen molar-refractivity contribution >= 4 is 39.5 Å². The van der Waals surface area contributed by atoms with Crippen molar-refractivity contribution in [3.63, 3.8) is 0 Å². The first-order chi connectivity index (χ1) is 10.5. The van der Waals surface area contributed by atoms with Crippen molar-refractivity contribution in [3.05, 3.63) is 28.2 Å². The highest BCUT2D eigenvalue weighted by molar-refractivity contribution is 9.10. The van der Waals surface area contributed by atoms with E-state index in [1.165, 1.54) is 5.49 Å². The van der Waals surface area contributed by atoms with Crippen LogP contribution in [-0.4, -0.2) is 30.2 Å². The maximum absolute atomic E-state index is 12.6. The van der Waals surface area contributed by atoms with Gasteiger partial charge in [0.2, 0.25) is 5.91 Å². The molecule has 22 heavy (non-hydrogen) atoms. The van der Waals surface area contributed by atoms with E-state index in [0.717, 1.165) is 4.47 Å². The predicted molar refractivity (Wildman–Crippen MR) is 89.8 cm³/mol. The number of nitrogens with two attached hydrogens (primary N) is 1. The summed E-state index contributed by atoms with van der Waals surface area (Å²) in [6.45, 7) is 1.22. The maximum Gasteiger partial charge on any atom is 0.249 e. The van der Waals surface area contributed by atoms with Crippen LogP contribution < -0.4 is 15.8 Å². The van der Waals surface area contributed by atoms with Gasteiger partial charge in [0, 0.05) is 29.3 Å². The van der Waals surface area contributed by atoms with Gasteiger partial charge in [-0.2, -0.15) is 0 Å². The first-order valence-corrected chi connectivity index (χ1v) is 8.36. The van der Waals surface area contributed by atoms with E-state index in [1.54, 1.807) is 0 Å². The molecule has 1 atom stereocenters. The molecule has 0 bridgehead atoms. The number of nitrogens with one attached hydrogen (secondary N) is 1. The molecule has 1 aromatic carbocycles. The zero-order valence-corrected chi connectivity index (χ0v) is 14.3. The van der Waals surface area contributed by atoms with Crippen LogP contribution in [0.2, 0.25) is 0 Å². The van der Waals surface area contributed by atoms with E-state index < -0.39 is 11.1 Å². The topological polar surface area (TPSA) is 73.6 Å². The van der Waals surface area contributed by atoms with Gasteiger partial charge in [-0.3, -0.25) is 4.79 Å². The van der Waals surface area contributed by atoms with Crippen LogP contribution in [0.25, 0.3) is 0 Å². The molecule has 1 unspecified atom stereocenters. The van der Waals surface area contributed by atoms with Crippen molar-refractivity contribution < 1.29 is 14.3 Å². The van der Waals surface area contributed by atoms with Gasteiger partial charge in [0.25, 0.3) is 0 Å². The molecular weight excluding hydrogens is 368 g/mol. The van der Waals surface area contributed by atoms with Gasteiger partial charge in [0.1, 0.15) is 16.9 Å². The molecule has 1 amide bonds. The molecule has 0 aromatic heterocycles. The molecule has 2 heterocycles. The van der Waals surface area contributed by atoms with Crippen LogP contribution in [0.1, 0.15) is 24.8 Å². The molecule has 3 N–H and O–H groups in total. The van der Waals surface area contributed by atoms with Crippen LogP contribution >= 0.6 is 28.1 Å². The zero-order valence-electron chi connectivity index (χ0n) is 11.9. The van der Waals surface area contributed by atoms with E-state index in [-0.39, 0.29) is 5.91 Å². The Morgan fingerprint density at radius 3 is 2.82 bits per heavy atom. The molecule has 2 aliphatic heterocycles. The highest BCUT2D eigenvalue weighted by atomic mass is 79.9. The first-order valence-electron chi connectivity index (χ1n) is 7.09. The monoisotopic (exact) mass is 384 g/mol. The molecule has 5 nitrogen and oxygen atoms in total. The SMILES string of the molecule is NC1(C(=O)NC=S)CC2(CCOCC2)Oc2ccc(Br)cc21. The minimum Gasteiger partial charge on any atom is -0.487 e. The number of rotatable bonds is 2. The number of benzene rings is 1. The summed E-state index contributed by atoms with van der Waals surface area (Å²) in [6.07, 6.45) is 1.83. The molecule has 0 aliphatic carbocycles. The summed E-state index contributed by atoms with van der Waals surface area (Å²) in [5.74, 6) is 0.342. The summed E-state index contributed by atoms with van der Waals surface area (Å²) in [4.78, 5) is 12.6. The smallest absolute Gasteiger partial charge is 0.249 e. The third-order valence-electron chi connectivity index (χ3n) is 4.35. The Balaban J connectivity index is 2.08. The van der Waals surface area contributed by atoms with Gasteiger partial charge in [-0.25, -0.2) is 0 Å². The van der Waals surface area contributed by atoms with Crippen molar-refractivity contribution in [3.8, 4) is 5.75 Å². The number of fused-ring (bicyclic) bond motifs is 1. The van der Waals surface area contributed by atoms with Crippen LogP contribution in [0.3, 0.4) is 0 Å². The molecule has 0 saturated carbocycles. The van der Waals surface area contributed by atoms with E-state index >= 15 is 0 Å². The lowest BCUT2D eigenvalue weighted by Gasteiger charge is -2.47. The summed E-state index contributed by atoms with van der Waals surface area (Å²) in [7, 11) is 0. The number of ether oxygens (including phenoxy) is 2. The molecule has 1 spiro atoms. The standard InChI is InChI=1S/C15H17BrN2O3S/c16-10-1-2-12-11(7-10)15(17,13(19)18-9-22)8-14(21-12)3-5-20-6-4-14/h1-2,7,9H,3-6,8,17H2,(H,18,19,22). The third kappa shape index (κ3) is 2.67. The fourth-order valence-corrected chi connectivity index (χ4v) is 3.69. The summed E-state index contributed by atoms with van der Waals surface area (Å²) in [6, 6.07) is 5.57. The van der Waals surface area contributed by atoms with Crippen LogP contribution in [0.4, 0.5) is 0 Å². The Bertz CT molecular complexity index is 619. The molecule has 0 radical (unpaired) electrons. The quantitative estimate of drug-likeness (QED) is 0.762. The van der Waals surface area contributed by atoms with Crippen molar-refractivity contribution in [1.29, 1.82) is 0 Å². The number of amides is 1. The Kier molecular flexibility index (Phi) is 4.24. The third-order valence-corrected chi connectivity index (χ3v) is 4.96. The molecule has 7 heteroatoms. The fraction of sp³-hybridized carbons (Fsp3) is 0.467. The average molecular weight is 385 g/mol. The summed E-state index contributed by atoms with van der Waals surface area (Å²) < 4.78 is 12.5. The van der Waals surface area contributed by atoms with Crippen molar-refractivity contribution in [2.24, 2.45) is 5.73 Å². The Morgan fingerprint density at radius 2 is 2.14 bits per heavy atom. The largest absolute Gasteiger partial charge is 0.487 e. The molecule has 118 valence electrons. The summed E-state index contributed by atoms with van der Waals surface area (Å²) in [5, 5.41) is 2.56. The highest BCUT2D eigenvalue weighted by Gasteiger charge is 2.52. The van der Waals surface area contributed by atoms with E-state index in [1.807, 2.05) is 18.2 Å². The van der Waals surface area contributed by atoms with Gasteiger partial charge >= 0.3 is 0 Å². The van der Waals surface area contributed by atoms with Gasteiger partial charge in [-0.05, 0) is 18.2 Å². The molecule has 2 aliphatic rings. The van der Waals surface area contributed by atoms with Crippen LogP contribution in [-0.2, 0) is 15.1 Å². The second kappa shape index (κ2) is 5.88. The second-order valence-corrected chi connectivity index (χ2v) is 6.93. The zero-order chi connectivity index (χ0) is 15.8. The molecule has 1 aromatic rings. The van der Waals surface area contributed by atoms with Gasteiger partial charge < -0.3 is 20.5 Å². The molecule has 1 saturated heterocycles. The van der Waals surface area contributed by atoms with Crippen LogP contribution in [0, 0.1) is 0 Å². The lowest BCUT2D eigenvalue weighted by atomic mass is 9.73.